The van der Waals surface area contributed by atoms with Crippen LogP contribution in [0.2, 0.25) is 0 Å². The van der Waals surface area contributed by atoms with Gasteiger partial charge in [-0.25, -0.2) is 13.6 Å². The number of aromatic nitrogens is 2. The van der Waals surface area contributed by atoms with Crippen molar-refractivity contribution in [1.82, 2.24) is 19.9 Å². The predicted octanol–water partition coefficient (Wildman–Crippen LogP) is 4.32. The maximum Gasteiger partial charge on any atom is 0.354 e. The molecule has 32 heavy (non-hydrogen) atoms. The van der Waals surface area contributed by atoms with Gasteiger partial charge in [0.15, 0.2) is 0 Å². The van der Waals surface area contributed by atoms with Crippen molar-refractivity contribution in [3.05, 3.63) is 41.3 Å². The van der Waals surface area contributed by atoms with Gasteiger partial charge in [-0.2, -0.15) is 16.7 Å². The molecule has 0 saturated carbocycles. The van der Waals surface area contributed by atoms with E-state index in [4.69, 9.17) is 9.26 Å². The maximum atomic E-state index is 13.7. The Morgan fingerprint density at radius 3 is 2.53 bits per heavy atom. The van der Waals surface area contributed by atoms with Gasteiger partial charge in [-0.05, 0) is 24.1 Å². The molecule has 1 aromatic carbocycles. The smallest absolute Gasteiger partial charge is 0.354 e. The molecule has 0 bridgehead atoms. The first-order valence-corrected chi connectivity index (χ1v) is 12.1. The summed E-state index contributed by atoms with van der Waals surface area (Å²) in [5.41, 5.74) is 0.893. The number of hydrogen-bond acceptors (Lipinski definition) is 6. The number of nitrogens with zero attached hydrogens (tertiary/aromatic N) is 4. The van der Waals surface area contributed by atoms with E-state index in [-0.39, 0.29) is 29.4 Å². The van der Waals surface area contributed by atoms with Crippen LogP contribution in [0.25, 0.3) is 0 Å². The lowest BCUT2D eigenvalue weighted by molar-refractivity contribution is 0.0174. The fourth-order valence-electron chi connectivity index (χ4n) is 4.25. The summed E-state index contributed by atoms with van der Waals surface area (Å²) in [6.07, 6.45) is 0.676. The molecular formula is C22H28F2N4O3S. The highest BCUT2D eigenvalue weighted by molar-refractivity contribution is 7.99. The first-order valence-electron chi connectivity index (χ1n) is 10.9. The lowest BCUT2D eigenvalue weighted by Gasteiger charge is -2.40. The molecule has 2 saturated heterocycles. The standard InChI is InChI=1S/C22H28F2N4O3S/c1-3-30-20-25-19(31-26-20)17-12-16(15-4-6-18(7-5-15)22(2,23)24)13-28(14-17)21(29)27-8-10-32-11-9-27/h4-7,16-17H,3,8-14H2,1-2H3. The highest BCUT2D eigenvalue weighted by atomic mass is 32.2. The third kappa shape index (κ3) is 5.16. The summed E-state index contributed by atoms with van der Waals surface area (Å²) in [6.45, 7) is 5.60. The Labute approximate surface area is 190 Å². The summed E-state index contributed by atoms with van der Waals surface area (Å²) in [7, 11) is 0. The first-order chi connectivity index (χ1) is 15.3. The number of alkyl halides is 2. The maximum absolute atomic E-state index is 13.7. The molecule has 2 fully saturated rings. The average molecular weight is 467 g/mol. The van der Waals surface area contributed by atoms with Gasteiger partial charge < -0.3 is 19.1 Å². The monoisotopic (exact) mass is 466 g/mol. The molecule has 0 aliphatic carbocycles. The van der Waals surface area contributed by atoms with Crippen molar-refractivity contribution < 1.29 is 22.8 Å². The number of likely N-dealkylation sites (tertiary alicyclic amines) is 1. The molecule has 0 radical (unpaired) electrons. The van der Waals surface area contributed by atoms with E-state index in [2.05, 4.69) is 10.1 Å². The number of rotatable bonds is 5. The van der Waals surface area contributed by atoms with Gasteiger partial charge in [0.2, 0.25) is 5.89 Å². The van der Waals surface area contributed by atoms with Crippen LogP contribution < -0.4 is 4.74 Å². The van der Waals surface area contributed by atoms with Gasteiger partial charge in [0.05, 0.1) is 12.5 Å². The van der Waals surface area contributed by atoms with Gasteiger partial charge in [-0.1, -0.05) is 24.3 Å². The van der Waals surface area contributed by atoms with E-state index in [1.54, 1.807) is 12.1 Å². The molecule has 2 aromatic rings. The normalized spacial score (nSPS) is 22.1. The minimum atomic E-state index is -2.89. The number of amides is 2. The van der Waals surface area contributed by atoms with E-state index >= 15 is 0 Å². The summed E-state index contributed by atoms with van der Waals surface area (Å²) < 4.78 is 38.1. The average Bonchev–Trinajstić information content (AvgIpc) is 3.27. The van der Waals surface area contributed by atoms with Gasteiger partial charge >= 0.3 is 12.0 Å². The minimum absolute atomic E-state index is 0.00117. The number of halogens is 2. The minimum Gasteiger partial charge on any atom is -0.462 e. The number of piperidine rings is 1. The molecule has 174 valence electrons. The molecule has 10 heteroatoms. The number of urea groups is 1. The molecule has 0 N–H and O–H groups in total. The predicted molar refractivity (Wildman–Crippen MR) is 117 cm³/mol. The Morgan fingerprint density at radius 2 is 1.88 bits per heavy atom. The summed E-state index contributed by atoms with van der Waals surface area (Å²) >= 11 is 1.85. The van der Waals surface area contributed by atoms with Crippen LogP contribution in [0.1, 0.15) is 49.1 Å². The molecule has 2 unspecified atom stereocenters. The van der Waals surface area contributed by atoms with E-state index in [0.29, 0.717) is 32.0 Å². The molecule has 2 amide bonds. The summed E-state index contributed by atoms with van der Waals surface area (Å²) in [5.74, 6) is -0.783. The molecule has 7 nitrogen and oxygen atoms in total. The topological polar surface area (TPSA) is 71.7 Å². The second kappa shape index (κ2) is 9.64. The summed E-state index contributed by atoms with van der Waals surface area (Å²) in [5, 5.41) is 3.87. The zero-order valence-corrected chi connectivity index (χ0v) is 19.1. The van der Waals surface area contributed by atoms with Gasteiger partial charge in [-0.3, -0.25) is 0 Å². The fraction of sp³-hybridized carbons (Fsp3) is 0.591. The Hall–Kier alpha value is -2.36. The third-order valence-electron chi connectivity index (χ3n) is 5.94. The lowest BCUT2D eigenvalue weighted by atomic mass is 9.84. The van der Waals surface area contributed by atoms with Crippen molar-refractivity contribution in [3.8, 4) is 6.01 Å². The zero-order chi connectivity index (χ0) is 22.7. The summed E-state index contributed by atoms with van der Waals surface area (Å²) in [4.78, 5) is 21.3. The van der Waals surface area contributed by atoms with E-state index < -0.39 is 5.92 Å². The van der Waals surface area contributed by atoms with Crippen molar-refractivity contribution in [2.75, 3.05) is 44.3 Å². The number of hydrogen-bond donors (Lipinski definition) is 0. The van der Waals surface area contributed by atoms with Crippen LogP contribution >= 0.6 is 11.8 Å². The van der Waals surface area contributed by atoms with Crippen LogP contribution in [-0.4, -0.2) is 70.3 Å². The van der Waals surface area contributed by atoms with Gasteiger partial charge in [0.25, 0.3) is 5.92 Å². The van der Waals surface area contributed by atoms with Gasteiger partial charge in [-0.15, -0.1) is 0 Å². The third-order valence-corrected chi connectivity index (χ3v) is 6.88. The fourth-order valence-corrected chi connectivity index (χ4v) is 5.16. The number of carbonyl (C=O) groups excluding carboxylic acids is 1. The lowest BCUT2D eigenvalue weighted by Crippen LogP contribution is -2.51. The van der Waals surface area contributed by atoms with Crippen molar-refractivity contribution in [2.45, 2.75) is 38.0 Å². The molecule has 2 atom stereocenters. The number of carbonyl (C=O) groups is 1. The molecule has 4 rings (SSSR count). The van der Waals surface area contributed by atoms with E-state index in [1.165, 1.54) is 12.1 Å². The molecule has 2 aliphatic heterocycles. The Bertz CT molecular complexity index is 913. The van der Waals surface area contributed by atoms with Crippen LogP contribution in [0, 0.1) is 0 Å². The number of ether oxygens (including phenoxy) is 1. The van der Waals surface area contributed by atoms with Gasteiger partial charge in [0, 0.05) is 56.1 Å². The largest absolute Gasteiger partial charge is 0.462 e. The van der Waals surface area contributed by atoms with Crippen molar-refractivity contribution >= 4 is 17.8 Å². The summed E-state index contributed by atoms with van der Waals surface area (Å²) in [6, 6.07) is 6.59. The van der Waals surface area contributed by atoms with Crippen LogP contribution in [0.5, 0.6) is 6.01 Å². The molecule has 0 spiro atoms. The van der Waals surface area contributed by atoms with Crippen molar-refractivity contribution in [3.63, 3.8) is 0 Å². The zero-order valence-electron chi connectivity index (χ0n) is 18.3. The Balaban J connectivity index is 1.57. The van der Waals surface area contributed by atoms with Gasteiger partial charge in [0.1, 0.15) is 0 Å². The van der Waals surface area contributed by atoms with Crippen molar-refractivity contribution in [2.24, 2.45) is 0 Å². The van der Waals surface area contributed by atoms with Crippen molar-refractivity contribution in [1.29, 1.82) is 0 Å². The Kier molecular flexibility index (Phi) is 6.88. The number of thioether (sulfide) groups is 1. The highest BCUT2D eigenvalue weighted by Crippen LogP contribution is 2.37. The second-order valence-electron chi connectivity index (χ2n) is 8.28. The molecule has 2 aliphatic rings. The van der Waals surface area contributed by atoms with Crippen LogP contribution in [0.3, 0.4) is 0 Å². The van der Waals surface area contributed by atoms with Crippen LogP contribution in [0.15, 0.2) is 28.8 Å². The Morgan fingerprint density at radius 1 is 1.19 bits per heavy atom. The van der Waals surface area contributed by atoms with Crippen LogP contribution in [0.4, 0.5) is 13.6 Å². The SMILES string of the molecule is CCOc1noc(C2CC(c3ccc(C(C)(F)F)cc3)CN(C(=O)N3CCSCC3)C2)n1. The first kappa shape index (κ1) is 22.8. The second-order valence-corrected chi connectivity index (χ2v) is 9.50. The van der Waals surface area contributed by atoms with Crippen LogP contribution in [-0.2, 0) is 5.92 Å². The molecule has 1 aromatic heterocycles. The van der Waals surface area contributed by atoms with E-state index in [1.807, 2.05) is 28.5 Å². The molecule has 3 heterocycles. The van der Waals surface area contributed by atoms with E-state index in [0.717, 1.165) is 37.1 Å². The number of benzene rings is 1. The van der Waals surface area contributed by atoms with E-state index in [9.17, 15) is 13.6 Å². The quantitative estimate of drug-likeness (QED) is 0.654. The molecular weight excluding hydrogens is 438 g/mol. The highest BCUT2D eigenvalue weighted by Gasteiger charge is 2.37.